The maximum absolute atomic E-state index is 14.2. The van der Waals surface area contributed by atoms with Gasteiger partial charge in [0.1, 0.15) is 23.3 Å². The molecule has 0 radical (unpaired) electrons. The first-order valence-electron chi connectivity index (χ1n) is 8.85. The van der Waals surface area contributed by atoms with Crippen molar-refractivity contribution in [1.82, 2.24) is 19.9 Å². The molecule has 0 aliphatic carbocycles. The minimum atomic E-state index is -0.634. The van der Waals surface area contributed by atoms with Crippen molar-refractivity contribution >= 4 is 34.4 Å². The predicted molar refractivity (Wildman–Crippen MR) is 99.4 cm³/mol. The van der Waals surface area contributed by atoms with Crippen LogP contribution in [0.25, 0.3) is 10.9 Å². The van der Waals surface area contributed by atoms with Gasteiger partial charge in [0.05, 0.1) is 5.39 Å². The second-order valence-corrected chi connectivity index (χ2v) is 8.69. The third-order valence-corrected chi connectivity index (χ3v) is 5.26. The summed E-state index contributed by atoms with van der Waals surface area (Å²) in [7, 11) is 0. The second-order valence-electron chi connectivity index (χ2n) is 8.33. The number of aromatic nitrogens is 3. The Bertz CT molecular complexity index is 910. The molecule has 4 rings (SSSR count). The molecule has 2 aromatic heterocycles. The molecule has 1 amide bonds. The molecule has 0 atom stereocenters. The van der Waals surface area contributed by atoms with Crippen LogP contribution in [0.5, 0.6) is 0 Å². The van der Waals surface area contributed by atoms with E-state index in [1.807, 2.05) is 20.8 Å². The van der Waals surface area contributed by atoms with Crippen LogP contribution in [-0.4, -0.2) is 57.7 Å². The number of rotatable bonds is 1. The van der Waals surface area contributed by atoms with Crippen molar-refractivity contribution in [1.29, 1.82) is 0 Å². The molecule has 0 bridgehead atoms. The molecule has 2 fully saturated rings. The smallest absolute Gasteiger partial charge is 0.410 e. The van der Waals surface area contributed by atoms with Crippen LogP contribution in [0.4, 0.5) is 15.0 Å². The number of likely N-dealkylation sites (tertiary alicyclic amines) is 1. The second kappa shape index (κ2) is 6.15. The van der Waals surface area contributed by atoms with E-state index in [0.29, 0.717) is 24.3 Å². The van der Waals surface area contributed by atoms with Crippen molar-refractivity contribution in [3.8, 4) is 0 Å². The van der Waals surface area contributed by atoms with E-state index < -0.39 is 11.4 Å². The van der Waals surface area contributed by atoms with Gasteiger partial charge in [0.15, 0.2) is 11.0 Å². The van der Waals surface area contributed by atoms with Crippen LogP contribution in [0.3, 0.4) is 0 Å². The molecule has 144 valence electrons. The Morgan fingerprint density at radius 2 is 2.00 bits per heavy atom. The first kappa shape index (κ1) is 18.2. The molecule has 2 aliphatic rings. The number of nitrogens with zero attached hydrogens (tertiary/aromatic N) is 5. The van der Waals surface area contributed by atoms with Crippen molar-refractivity contribution < 1.29 is 13.9 Å². The zero-order valence-electron chi connectivity index (χ0n) is 15.5. The van der Waals surface area contributed by atoms with E-state index >= 15 is 0 Å². The lowest BCUT2D eigenvalue weighted by Crippen LogP contribution is -2.58. The number of amides is 1. The highest BCUT2D eigenvalue weighted by Gasteiger charge is 2.50. The Morgan fingerprint density at radius 1 is 1.26 bits per heavy atom. The molecule has 0 unspecified atom stereocenters. The Kier molecular flexibility index (Phi) is 4.14. The number of anilines is 1. The van der Waals surface area contributed by atoms with Gasteiger partial charge in [0.2, 0.25) is 0 Å². The van der Waals surface area contributed by atoms with E-state index in [9.17, 15) is 9.18 Å². The maximum atomic E-state index is 14.2. The van der Waals surface area contributed by atoms with E-state index in [1.54, 1.807) is 4.90 Å². The molecule has 2 saturated heterocycles. The van der Waals surface area contributed by atoms with Gasteiger partial charge in [-0.3, -0.25) is 0 Å². The molecule has 27 heavy (non-hydrogen) atoms. The molecule has 4 heterocycles. The van der Waals surface area contributed by atoms with E-state index in [4.69, 9.17) is 16.3 Å². The number of hydrogen-bond donors (Lipinski definition) is 0. The number of pyridine rings is 1. The Labute approximate surface area is 161 Å². The molecule has 2 aromatic rings. The number of hydrogen-bond acceptors (Lipinski definition) is 6. The minimum absolute atomic E-state index is 0.0204. The fourth-order valence-electron chi connectivity index (χ4n) is 3.80. The van der Waals surface area contributed by atoms with E-state index in [-0.39, 0.29) is 22.2 Å². The van der Waals surface area contributed by atoms with Crippen LogP contribution in [0.15, 0.2) is 12.5 Å². The first-order valence-corrected chi connectivity index (χ1v) is 9.23. The Balaban J connectivity index is 1.48. The highest BCUT2D eigenvalue weighted by atomic mass is 35.5. The Hall–Kier alpha value is -2.22. The topological polar surface area (TPSA) is 71.5 Å². The van der Waals surface area contributed by atoms with Crippen molar-refractivity contribution in [3.05, 3.63) is 23.5 Å². The predicted octanol–water partition coefficient (Wildman–Crippen LogP) is 3.26. The van der Waals surface area contributed by atoms with E-state index in [1.165, 1.54) is 12.5 Å². The number of fused-ring (bicyclic) bond motifs is 1. The standard InChI is InChI=1S/C18H21ClFN5O2/c1-17(2,3)27-16(26)24-5-4-18(7-24)8-25(9-18)15-11-6-21-14(19)12(20)13(11)22-10-23-15/h6,10H,4-5,7-9H2,1-3H3. The van der Waals surface area contributed by atoms with Gasteiger partial charge in [0.25, 0.3) is 0 Å². The summed E-state index contributed by atoms with van der Waals surface area (Å²) in [6, 6.07) is 0. The molecule has 7 nitrogen and oxygen atoms in total. The summed E-state index contributed by atoms with van der Waals surface area (Å²) in [6.07, 6.45) is 3.47. The number of halogens is 2. The lowest BCUT2D eigenvalue weighted by atomic mass is 9.79. The number of carbonyl (C=O) groups excluding carboxylic acids is 1. The van der Waals surface area contributed by atoms with Crippen LogP contribution in [-0.2, 0) is 4.74 Å². The summed E-state index contributed by atoms with van der Waals surface area (Å²) >= 11 is 5.75. The molecular formula is C18H21ClFN5O2. The van der Waals surface area contributed by atoms with Crippen LogP contribution in [0.1, 0.15) is 27.2 Å². The molecule has 0 aromatic carbocycles. The lowest BCUT2D eigenvalue weighted by Gasteiger charge is -2.48. The maximum Gasteiger partial charge on any atom is 0.410 e. The normalized spacial score (nSPS) is 18.9. The van der Waals surface area contributed by atoms with Gasteiger partial charge >= 0.3 is 6.09 Å². The third-order valence-electron chi connectivity index (χ3n) is 5.00. The SMILES string of the molecule is CC(C)(C)OC(=O)N1CCC2(C1)CN(c1ncnc3c(F)c(Cl)ncc13)C2. The number of carbonyl (C=O) groups is 1. The third kappa shape index (κ3) is 3.26. The minimum Gasteiger partial charge on any atom is -0.444 e. The molecule has 0 N–H and O–H groups in total. The fourth-order valence-corrected chi connectivity index (χ4v) is 3.93. The molecule has 9 heteroatoms. The summed E-state index contributed by atoms with van der Waals surface area (Å²) in [6.45, 7) is 8.40. The van der Waals surface area contributed by atoms with Crippen LogP contribution in [0.2, 0.25) is 5.15 Å². The number of ether oxygens (including phenoxy) is 1. The van der Waals surface area contributed by atoms with E-state index in [2.05, 4.69) is 19.9 Å². The Morgan fingerprint density at radius 3 is 2.70 bits per heavy atom. The molecular weight excluding hydrogens is 373 g/mol. The lowest BCUT2D eigenvalue weighted by molar-refractivity contribution is 0.0265. The zero-order chi connectivity index (χ0) is 19.4. The molecule has 2 aliphatic heterocycles. The summed E-state index contributed by atoms with van der Waals surface area (Å²) in [5, 5.41) is 0.340. The highest BCUT2D eigenvalue weighted by molar-refractivity contribution is 6.30. The van der Waals surface area contributed by atoms with Gasteiger partial charge in [0, 0.05) is 37.8 Å². The van der Waals surface area contributed by atoms with Crippen molar-refractivity contribution in [3.63, 3.8) is 0 Å². The first-order chi connectivity index (χ1) is 12.7. The molecule has 0 saturated carbocycles. The van der Waals surface area contributed by atoms with Crippen LogP contribution in [0, 0.1) is 11.2 Å². The van der Waals surface area contributed by atoms with Gasteiger partial charge in [-0.1, -0.05) is 11.6 Å². The van der Waals surface area contributed by atoms with Crippen molar-refractivity contribution in [2.45, 2.75) is 32.8 Å². The van der Waals surface area contributed by atoms with Gasteiger partial charge in [-0.05, 0) is 27.2 Å². The van der Waals surface area contributed by atoms with Gasteiger partial charge in [-0.25, -0.2) is 24.1 Å². The fraction of sp³-hybridized carbons (Fsp3) is 0.556. The largest absolute Gasteiger partial charge is 0.444 e. The van der Waals surface area contributed by atoms with Crippen LogP contribution < -0.4 is 4.90 Å². The summed E-state index contributed by atoms with van der Waals surface area (Å²) < 4.78 is 19.6. The van der Waals surface area contributed by atoms with Crippen molar-refractivity contribution in [2.75, 3.05) is 31.1 Å². The van der Waals surface area contributed by atoms with E-state index in [0.717, 1.165) is 19.5 Å². The van der Waals surface area contributed by atoms with Crippen LogP contribution >= 0.6 is 11.6 Å². The summed E-state index contributed by atoms with van der Waals surface area (Å²) in [4.78, 5) is 28.3. The zero-order valence-corrected chi connectivity index (χ0v) is 16.3. The molecule has 1 spiro atoms. The summed E-state index contributed by atoms with van der Waals surface area (Å²) in [5.41, 5.74) is -0.314. The van der Waals surface area contributed by atoms with Gasteiger partial charge in [-0.2, -0.15) is 0 Å². The van der Waals surface area contributed by atoms with Crippen molar-refractivity contribution in [2.24, 2.45) is 5.41 Å². The monoisotopic (exact) mass is 393 g/mol. The quantitative estimate of drug-likeness (QED) is 0.692. The average Bonchev–Trinajstić information content (AvgIpc) is 3.01. The highest BCUT2D eigenvalue weighted by Crippen LogP contribution is 2.43. The average molecular weight is 394 g/mol. The van der Waals surface area contributed by atoms with Gasteiger partial charge < -0.3 is 14.5 Å². The van der Waals surface area contributed by atoms with Gasteiger partial charge in [-0.15, -0.1) is 0 Å². The summed E-state index contributed by atoms with van der Waals surface area (Å²) in [5.74, 6) is 0.00873.